The first-order valence-electron chi connectivity index (χ1n) is 18.4. The standard InChI is InChI=1S/C38H63FO6/c1-3-37(40)44-27-11-7-5-9-25-42-34-21-14-30(15-22-34)13-16-32-17-18-33(29-36(32)39)31-19-23-35(24-20-31)43-26-10-6-8-12-28-45-38(41)4-2/h3-4,30-36H,1-2,5-29H2. The molecule has 0 saturated heterocycles. The van der Waals surface area contributed by atoms with Gasteiger partial charge in [0.1, 0.15) is 6.17 Å². The van der Waals surface area contributed by atoms with Crippen LogP contribution in [0.1, 0.15) is 135 Å². The van der Waals surface area contributed by atoms with E-state index >= 15 is 4.39 Å². The molecule has 45 heavy (non-hydrogen) atoms. The van der Waals surface area contributed by atoms with Gasteiger partial charge in [0.15, 0.2) is 0 Å². The molecule has 0 aliphatic heterocycles. The number of rotatable bonds is 22. The van der Waals surface area contributed by atoms with Crippen molar-refractivity contribution in [3.63, 3.8) is 0 Å². The van der Waals surface area contributed by atoms with E-state index < -0.39 is 6.17 Å². The van der Waals surface area contributed by atoms with Crippen molar-refractivity contribution in [3.05, 3.63) is 25.3 Å². The fraction of sp³-hybridized carbons (Fsp3) is 0.842. The Hall–Kier alpha value is -1.73. The van der Waals surface area contributed by atoms with Gasteiger partial charge in [0, 0.05) is 25.4 Å². The molecule has 0 N–H and O–H groups in total. The summed E-state index contributed by atoms with van der Waals surface area (Å²) in [5.74, 6) is 1.57. The van der Waals surface area contributed by atoms with Gasteiger partial charge in [0.2, 0.25) is 0 Å². The monoisotopic (exact) mass is 634 g/mol. The zero-order valence-corrected chi connectivity index (χ0v) is 28.1. The molecule has 3 aliphatic carbocycles. The molecular formula is C38H63FO6. The summed E-state index contributed by atoms with van der Waals surface area (Å²) in [6, 6.07) is 0. The van der Waals surface area contributed by atoms with Crippen molar-refractivity contribution in [3.8, 4) is 0 Å². The molecule has 0 aromatic heterocycles. The average Bonchev–Trinajstić information content (AvgIpc) is 3.07. The average molecular weight is 635 g/mol. The molecule has 0 spiro atoms. The molecule has 0 aromatic rings. The first-order chi connectivity index (χ1) is 22.0. The Morgan fingerprint density at radius 1 is 0.578 bits per heavy atom. The summed E-state index contributed by atoms with van der Waals surface area (Å²) in [7, 11) is 0. The van der Waals surface area contributed by atoms with Crippen molar-refractivity contribution in [1.82, 2.24) is 0 Å². The maximum absolute atomic E-state index is 15.3. The number of carbonyl (C=O) groups is 2. The molecule has 3 rings (SSSR count). The third-order valence-electron chi connectivity index (χ3n) is 10.7. The quantitative estimate of drug-likeness (QED) is 0.0672. The van der Waals surface area contributed by atoms with Crippen LogP contribution in [-0.4, -0.2) is 56.7 Å². The van der Waals surface area contributed by atoms with E-state index in [2.05, 4.69) is 13.2 Å². The van der Waals surface area contributed by atoms with Crippen LogP contribution >= 0.6 is 0 Å². The molecule has 0 heterocycles. The van der Waals surface area contributed by atoms with Gasteiger partial charge in [0.25, 0.3) is 0 Å². The Balaban J connectivity index is 1.15. The molecule has 7 heteroatoms. The van der Waals surface area contributed by atoms with Gasteiger partial charge in [-0.25, -0.2) is 14.0 Å². The minimum absolute atomic E-state index is 0.268. The Morgan fingerprint density at radius 2 is 1.04 bits per heavy atom. The van der Waals surface area contributed by atoms with Crippen LogP contribution in [0.15, 0.2) is 25.3 Å². The van der Waals surface area contributed by atoms with Gasteiger partial charge in [-0.15, -0.1) is 0 Å². The number of esters is 2. The van der Waals surface area contributed by atoms with Gasteiger partial charge in [-0.1, -0.05) is 32.4 Å². The summed E-state index contributed by atoms with van der Waals surface area (Å²) in [4.78, 5) is 22.1. The summed E-state index contributed by atoms with van der Waals surface area (Å²) >= 11 is 0. The van der Waals surface area contributed by atoms with Crippen LogP contribution in [0.4, 0.5) is 4.39 Å². The molecule has 0 amide bonds. The molecule has 0 bridgehead atoms. The van der Waals surface area contributed by atoms with Gasteiger partial charge in [-0.2, -0.15) is 0 Å². The molecule has 3 aliphatic rings. The van der Waals surface area contributed by atoms with Crippen molar-refractivity contribution < 1.29 is 32.9 Å². The smallest absolute Gasteiger partial charge is 0.330 e. The molecule has 0 aromatic carbocycles. The van der Waals surface area contributed by atoms with E-state index in [4.69, 9.17) is 18.9 Å². The molecular weight excluding hydrogens is 571 g/mol. The molecule has 0 radical (unpaired) electrons. The summed E-state index contributed by atoms with van der Waals surface area (Å²) in [6.45, 7) is 9.38. The zero-order valence-electron chi connectivity index (χ0n) is 28.1. The Kier molecular flexibility index (Phi) is 19.1. The third kappa shape index (κ3) is 15.6. The van der Waals surface area contributed by atoms with E-state index in [1.807, 2.05) is 0 Å². The number of halogens is 1. The van der Waals surface area contributed by atoms with E-state index in [1.54, 1.807) is 0 Å². The third-order valence-corrected chi connectivity index (χ3v) is 10.7. The second-order valence-electron chi connectivity index (χ2n) is 13.9. The minimum atomic E-state index is -0.619. The largest absolute Gasteiger partial charge is 0.463 e. The van der Waals surface area contributed by atoms with E-state index in [0.29, 0.717) is 37.3 Å². The SMILES string of the molecule is C=CC(=O)OCCCCCCOC1CCC(CCC2CCC(C3CCC(OCCCCCCOC(=O)C=C)CC3)CC2F)CC1. The first kappa shape index (κ1) is 37.7. The minimum Gasteiger partial charge on any atom is -0.463 e. The second-order valence-corrected chi connectivity index (χ2v) is 13.9. The summed E-state index contributed by atoms with van der Waals surface area (Å²) < 4.78 is 37.7. The lowest BCUT2D eigenvalue weighted by Gasteiger charge is -2.39. The van der Waals surface area contributed by atoms with E-state index in [-0.39, 0.29) is 17.9 Å². The van der Waals surface area contributed by atoms with Crippen LogP contribution in [0.5, 0.6) is 0 Å². The number of unbranched alkanes of at least 4 members (excludes halogenated alkanes) is 6. The molecule has 6 nitrogen and oxygen atoms in total. The van der Waals surface area contributed by atoms with E-state index in [0.717, 1.165) is 115 Å². The highest BCUT2D eigenvalue weighted by Gasteiger charge is 2.36. The maximum Gasteiger partial charge on any atom is 0.330 e. The number of carbonyl (C=O) groups excluding carboxylic acids is 2. The fourth-order valence-corrected chi connectivity index (χ4v) is 7.80. The maximum atomic E-state index is 15.3. The highest BCUT2D eigenvalue weighted by Crippen LogP contribution is 2.43. The second kappa shape index (κ2) is 22.7. The van der Waals surface area contributed by atoms with Crippen LogP contribution < -0.4 is 0 Å². The lowest BCUT2D eigenvalue weighted by atomic mass is 9.68. The normalized spacial score (nSPS) is 28.7. The van der Waals surface area contributed by atoms with Crippen LogP contribution in [0.3, 0.4) is 0 Å². The number of ether oxygens (including phenoxy) is 4. The van der Waals surface area contributed by atoms with Crippen LogP contribution in [-0.2, 0) is 28.5 Å². The van der Waals surface area contributed by atoms with Crippen molar-refractivity contribution >= 4 is 11.9 Å². The fourth-order valence-electron chi connectivity index (χ4n) is 7.80. The predicted octanol–water partition coefficient (Wildman–Crippen LogP) is 9.25. The van der Waals surface area contributed by atoms with Gasteiger partial charge in [-0.3, -0.25) is 0 Å². The number of alkyl halides is 1. The van der Waals surface area contributed by atoms with Crippen molar-refractivity contribution in [2.45, 2.75) is 153 Å². The Labute approximate surface area is 273 Å². The zero-order chi connectivity index (χ0) is 32.1. The number of hydrogen-bond donors (Lipinski definition) is 0. The summed E-state index contributed by atoms with van der Waals surface area (Å²) in [5, 5.41) is 0. The molecule has 3 fully saturated rings. The topological polar surface area (TPSA) is 71.1 Å². The first-order valence-corrected chi connectivity index (χ1v) is 18.4. The van der Waals surface area contributed by atoms with Gasteiger partial charge >= 0.3 is 11.9 Å². The lowest BCUT2D eigenvalue weighted by Crippen LogP contribution is -2.33. The van der Waals surface area contributed by atoms with Crippen LogP contribution in [0.25, 0.3) is 0 Å². The van der Waals surface area contributed by atoms with E-state index in [1.165, 1.54) is 50.7 Å². The highest BCUT2D eigenvalue weighted by molar-refractivity contribution is 5.81. The van der Waals surface area contributed by atoms with E-state index in [9.17, 15) is 9.59 Å². The van der Waals surface area contributed by atoms with Crippen LogP contribution in [0.2, 0.25) is 0 Å². The van der Waals surface area contributed by atoms with Crippen LogP contribution in [0, 0.1) is 23.7 Å². The molecule has 3 saturated carbocycles. The van der Waals surface area contributed by atoms with Gasteiger partial charge in [0.05, 0.1) is 25.4 Å². The molecule has 258 valence electrons. The molecule has 3 atom stereocenters. The Morgan fingerprint density at radius 3 is 1.53 bits per heavy atom. The van der Waals surface area contributed by atoms with Gasteiger partial charge in [-0.05, 0) is 139 Å². The molecule has 3 unspecified atom stereocenters. The van der Waals surface area contributed by atoms with Crippen molar-refractivity contribution in [2.24, 2.45) is 23.7 Å². The van der Waals surface area contributed by atoms with Gasteiger partial charge < -0.3 is 18.9 Å². The predicted molar refractivity (Wildman–Crippen MR) is 178 cm³/mol. The summed E-state index contributed by atoms with van der Waals surface area (Å²) in [5.41, 5.74) is 0. The van der Waals surface area contributed by atoms with Crippen molar-refractivity contribution in [1.29, 1.82) is 0 Å². The Bertz CT molecular complexity index is 832. The van der Waals surface area contributed by atoms with Crippen molar-refractivity contribution in [2.75, 3.05) is 26.4 Å². The lowest BCUT2D eigenvalue weighted by molar-refractivity contribution is -0.138. The number of hydrogen-bond acceptors (Lipinski definition) is 6. The summed E-state index contributed by atoms with van der Waals surface area (Å²) in [6.07, 6.45) is 25.5. The highest BCUT2D eigenvalue weighted by atomic mass is 19.1.